The molecule has 4 heteroatoms. The Morgan fingerprint density at radius 3 is 2.27 bits per heavy atom. The molecule has 0 aliphatic rings. The lowest BCUT2D eigenvalue weighted by atomic mass is 10.1. The van der Waals surface area contributed by atoms with Crippen molar-refractivity contribution < 1.29 is 5.11 Å². The van der Waals surface area contributed by atoms with Crippen LogP contribution in [0.15, 0.2) is 42.7 Å². The second kappa shape index (κ2) is 4.06. The van der Waals surface area contributed by atoms with Gasteiger partial charge in [-0.05, 0) is 23.8 Å². The molecule has 2 rings (SSSR count). The van der Waals surface area contributed by atoms with E-state index in [1.807, 2.05) is 0 Å². The lowest BCUT2D eigenvalue weighted by Crippen LogP contribution is -2.14. The van der Waals surface area contributed by atoms with Crippen molar-refractivity contribution in [2.24, 2.45) is 5.73 Å². The van der Waals surface area contributed by atoms with Gasteiger partial charge in [-0.25, -0.2) is 9.97 Å². The predicted molar refractivity (Wildman–Crippen MR) is 56.2 cm³/mol. The molecule has 0 spiro atoms. The van der Waals surface area contributed by atoms with E-state index in [1.54, 1.807) is 42.7 Å². The minimum Gasteiger partial charge on any atom is -0.508 e. The summed E-state index contributed by atoms with van der Waals surface area (Å²) in [6.07, 6.45) is 3.31. The first-order valence-electron chi connectivity index (χ1n) is 4.59. The van der Waals surface area contributed by atoms with E-state index in [0.29, 0.717) is 5.82 Å². The molecule has 0 radical (unpaired) electrons. The van der Waals surface area contributed by atoms with E-state index in [9.17, 15) is 0 Å². The normalized spacial score (nSPS) is 12.3. The van der Waals surface area contributed by atoms with Crippen molar-refractivity contribution in [3.05, 3.63) is 54.1 Å². The maximum Gasteiger partial charge on any atom is 0.149 e. The molecule has 1 aromatic heterocycles. The van der Waals surface area contributed by atoms with Gasteiger partial charge in [0.05, 0.1) is 6.04 Å². The van der Waals surface area contributed by atoms with E-state index < -0.39 is 0 Å². The third kappa shape index (κ3) is 2.11. The number of nitrogens with two attached hydrogens (primary N) is 1. The van der Waals surface area contributed by atoms with Crippen molar-refractivity contribution in [2.45, 2.75) is 6.04 Å². The highest BCUT2D eigenvalue weighted by molar-refractivity contribution is 5.30. The summed E-state index contributed by atoms with van der Waals surface area (Å²) in [4.78, 5) is 8.16. The number of phenols is 1. The van der Waals surface area contributed by atoms with Crippen molar-refractivity contribution >= 4 is 0 Å². The van der Waals surface area contributed by atoms with Gasteiger partial charge in [0.1, 0.15) is 11.6 Å². The average Bonchev–Trinajstić information content (AvgIpc) is 2.30. The van der Waals surface area contributed by atoms with Crippen LogP contribution in [0.5, 0.6) is 5.75 Å². The monoisotopic (exact) mass is 201 g/mol. The highest BCUT2D eigenvalue weighted by Gasteiger charge is 2.10. The molecule has 1 aromatic carbocycles. The summed E-state index contributed by atoms with van der Waals surface area (Å²) < 4.78 is 0. The second-order valence-electron chi connectivity index (χ2n) is 3.18. The third-order valence-electron chi connectivity index (χ3n) is 2.12. The standard InChI is InChI=1S/C11H11N3O/c12-10(11-13-6-1-7-14-11)8-2-4-9(15)5-3-8/h1-7,10,15H,12H2/t10-/m1/s1. The zero-order valence-corrected chi connectivity index (χ0v) is 8.04. The Hall–Kier alpha value is -1.94. The molecule has 0 unspecified atom stereocenters. The quantitative estimate of drug-likeness (QED) is 0.766. The van der Waals surface area contributed by atoms with E-state index >= 15 is 0 Å². The molecule has 4 nitrogen and oxygen atoms in total. The van der Waals surface area contributed by atoms with Gasteiger partial charge in [0.2, 0.25) is 0 Å². The van der Waals surface area contributed by atoms with E-state index in [0.717, 1.165) is 5.56 Å². The fraction of sp³-hybridized carbons (Fsp3) is 0.0909. The van der Waals surface area contributed by atoms with Crippen LogP contribution in [0.3, 0.4) is 0 Å². The van der Waals surface area contributed by atoms with Crippen LogP contribution >= 0.6 is 0 Å². The van der Waals surface area contributed by atoms with Crippen molar-refractivity contribution in [1.82, 2.24) is 9.97 Å². The number of rotatable bonds is 2. The summed E-state index contributed by atoms with van der Waals surface area (Å²) in [6.45, 7) is 0. The van der Waals surface area contributed by atoms with Gasteiger partial charge < -0.3 is 10.8 Å². The minimum absolute atomic E-state index is 0.222. The summed E-state index contributed by atoms with van der Waals surface area (Å²) in [5.74, 6) is 0.795. The number of hydrogen-bond donors (Lipinski definition) is 2. The summed E-state index contributed by atoms with van der Waals surface area (Å²) in [7, 11) is 0. The molecule has 0 aliphatic carbocycles. The average molecular weight is 201 g/mol. The van der Waals surface area contributed by atoms with Gasteiger partial charge in [0.25, 0.3) is 0 Å². The summed E-state index contributed by atoms with van der Waals surface area (Å²) in [5.41, 5.74) is 6.83. The van der Waals surface area contributed by atoms with Gasteiger partial charge >= 0.3 is 0 Å². The summed E-state index contributed by atoms with van der Waals surface area (Å²) >= 11 is 0. The Balaban J connectivity index is 2.29. The van der Waals surface area contributed by atoms with E-state index in [4.69, 9.17) is 10.8 Å². The molecule has 0 fully saturated rings. The highest BCUT2D eigenvalue weighted by Crippen LogP contribution is 2.18. The fourth-order valence-corrected chi connectivity index (χ4v) is 1.30. The van der Waals surface area contributed by atoms with Crippen LogP contribution in [0.1, 0.15) is 17.4 Å². The molecule has 0 bridgehead atoms. The molecule has 76 valence electrons. The Kier molecular flexibility index (Phi) is 2.60. The van der Waals surface area contributed by atoms with Gasteiger partial charge in [0.15, 0.2) is 0 Å². The third-order valence-corrected chi connectivity index (χ3v) is 2.12. The van der Waals surface area contributed by atoms with E-state index in [-0.39, 0.29) is 11.8 Å². The van der Waals surface area contributed by atoms with Crippen LogP contribution in [-0.4, -0.2) is 15.1 Å². The topological polar surface area (TPSA) is 72.0 Å². The Bertz CT molecular complexity index is 427. The van der Waals surface area contributed by atoms with Gasteiger partial charge in [-0.3, -0.25) is 0 Å². The molecule has 2 aromatic rings. The highest BCUT2D eigenvalue weighted by atomic mass is 16.3. The van der Waals surface area contributed by atoms with E-state index in [2.05, 4.69) is 9.97 Å². The van der Waals surface area contributed by atoms with Gasteiger partial charge in [0, 0.05) is 12.4 Å². The van der Waals surface area contributed by atoms with Crippen molar-refractivity contribution in [3.63, 3.8) is 0 Å². The van der Waals surface area contributed by atoms with Crippen LogP contribution in [-0.2, 0) is 0 Å². The first kappa shape index (κ1) is 9.61. The lowest BCUT2D eigenvalue weighted by molar-refractivity contribution is 0.475. The number of nitrogens with zero attached hydrogens (tertiary/aromatic N) is 2. The number of hydrogen-bond acceptors (Lipinski definition) is 4. The van der Waals surface area contributed by atoms with Gasteiger partial charge in [-0.1, -0.05) is 12.1 Å². The Morgan fingerprint density at radius 2 is 1.67 bits per heavy atom. The number of phenolic OH excluding ortho intramolecular Hbond substituents is 1. The SMILES string of the molecule is N[C@H](c1ccc(O)cc1)c1ncccn1. The Labute approximate surface area is 87.4 Å². The maximum atomic E-state index is 9.14. The molecule has 0 saturated heterocycles. The molecule has 1 atom stereocenters. The minimum atomic E-state index is -0.355. The van der Waals surface area contributed by atoms with Crippen LogP contribution in [0, 0.1) is 0 Å². The van der Waals surface area contributed by atoms with Crippen molar-refractivity contribution in [1.29, 1.82) is 0 Å². The summed E-state index contributed by atoms with van der Waals surface area (Å²) in [6, 6.07) is 8.10. The lowest BCUT2D eigenvalue weighted by Gasteiger charge is -2.09. The summed E-state index contributed by atoms with van der Waals surface area (Å²) in [5, 5.41) is 9.14. The first-order chi connectivity index (χ1) is 7.27. The zero-order valence-electron chi connectivity index (χ0n) is 8.04. The fourth-order valence-electron chi connectivity index (χ4n) is 1.30. The van der Waals surface area contributed by atoms with E-state index in [1.165, 1.54) is 0 Å². The predicted octanol–water partition coefficient (Wildman–Crippen LogP) is 1.23. The first-order valence-corrected chi connectivity index (χ1v) is 4.59. The molecule has 0 amide bonds. The van der Waals surface area contributed by atoms with Crippen LogP contribution in [0.2, 0.25) is 0 Å². The largest absolute Gasteiger partial charge is 0.508 e. The second-order valence-corrected chi connectivity index (χ2v) is 3.18. The Morgan fingerprint density at radius 1 is 1.07 bits per heavy atom. The van der Waals surface area contributed by atoms with Crippen LogP contribution in [0.4, 0.5) is 0 Å². The maximum absolute atomic E-state index is 9.14. The molecular weight excluding hydrogens is 190 g/mol. The number of benzene rings is 1. The molecule has 3 N–H and O–H groups in total. The number of aromatic nitrogens is 2. The molecule has 15 heavy (non-hydrogen) atoms. The van der Waals surface area contributed by atoms with Crippen molar-refractivity contribution in [3.8, 4) is 5.75 Å². The van der Waals surface area contributed by atoms with Crippen LogP contribution < -0.4 is 5.73 Å². The zero-order chi connectivity index (χ0) is 10.7. The number of aromatic hydroxyl groups is 1. The smallest absolute Gasteiger partial charge is 0.149 e. The molecule has 0 aliphatic heterocycles. The molecule has 1 heterocycles. The molecular formula is C11H11N3O. The molecule has 0 saturated carbocycles. The van der Waals surface area contributed by atoms with Crippen molar-refractivity contribution in [2.75, 3.05) is 0 Å². The van der Waals surface area contributed by atoms with Crippen LogP contribution in [0.25, 0.3) is 0 Å². The van der Waals surface area contributed by atoms with Gasteiger partial charge in [-0.2, -0.15) is 0 Å². The van der Waals surface area contributed by atoms with Gasteiger partial charge in [-0.15, -0.1) is 0 Å².